The molecule has 0 unspecified atom stereocenters. The van der Waals surface area contributed by atoms with Crippen LogP contribution in [0.3, 0.4) is 0 Å². The normalized spacial score (nSPS) is 14.7. The fraction of sp³-hybridized carbons (Fsp3) is 0.0417. The average molecular weight is 448 g/mol. The first kappa shape index (κ1) is 20.8. The number of thiocarbonyl (C=S) groups is 1. The number of methoxy groups -OCH3 is 1. The second-order valence-corrected chi connectivity index (χ2v) is 8.19. The van der Waals surface area contributed by atoms with Crippen molar-refractivity contribution in [3.63, 3.8) is 0 Å². The Labute approximate surface area is 189 Å². The number of ether oxygens (including phenoxy) is 2. The molecule has 0 spiro atoms. The van der Waals surface area contributed by atoms with Gasteiger partial charge in [0, 0.05) is 0 Å². The summed E-state index contributed by atoms with van der Waals surface area (Å²) in [5.74, 6) is 0.0250. The van der Waals surface area contributed by atoms with Gasteiger partial charge in [-0.1, -0.05) is 66.4 Å². The van der Waals surface area contributed by atoms with Gasteiger partial charge in [0.05, 0.1) is 23.3 Å². The molecule has 1 fully saturated rings. The van der Waals surface area contributed by atoms with Gasteiger partial charge in [0.1, 0.15) is 0 Å². The molecule has 0 N–H and O–H groups in total. The van der Waals surface area contributed by atoms with Crippen molar-refractivity contribution >= 4 is 51.9 Å². The number of esters is 1. The molecule has 1 aliphatic rings. The van der Waals surface area contributed by atoms with Crippen molar-refractivity contribution in [1.29, 1.82) is 0 Å². The molecule has 3 aromatic rings. The fourth-order valence-electron chi connectivity index (χ4n) is 3.01. The second-order valence-electron chi connectivity index (χ2n) is 6.52. The van der Waals surface area contributed by atoms with Crippen molar-refractivity contribution < 1.29 is 19.1 Å². The lowest BCUT2D eigenvalue weighted by molar-refractivity contribution is -0.113. The van der Waals surface area contributed by atoms with Crippen molar-refractivity contribution in [2.24, 2.45) is 0 Å². The number of thioether (sulfide) groups is 1. The highest BCUT2D eigenvalue weighted by molar-refractivity contribution is 8.27. The number of para-hydroxylation sites is 1. The largest absolute Gasteiger partial charge is 0.493 e. The first-order valence-corrected chi connectivity index (χ1v) is 10.6. The van der Waals surface area contributed by atoms with Gasteiger partial charge in [-0.3, -0.25) is 9.69 Å². The zero-order chi connectivity index (χ0) is 21.8. The first-order valence-electron chi connectivity index (χ1n) is 9.35. The van der Waals surface area contributed by atoms with Crippen LogP contribution in [0.5, 0.6) is 11.5 Å². The summed E-state index contributed by atoms with van der Waals surface area (Å²) < 4.78 is 11.3. The summed E-state index contributed by atoms with van der Waals surface area (Å²) in [6.45, 7) is 0. The van der Waals surface area contributed by atoms with Gasteiger partial charge in [-0.05, 0) is 48.0 Å². The minimum absolute atomic E-state index is 0.181. The van der Waals surface area contributed by atoms with E-state index < -0.39 is 5.97 Å². The lowest BCUT2D eigenvalue weighted by atomic mass is 10.1. The van der Waals surface area contributed by atoms with E-state index in [0.717, 1.165) is 11.3 Å². The molecule has 3 aromatic carbocycles. The van der Waals surface area contributed by atoms with E-state index in [0.29, 0.717) is 26.3 Å². The standard InChI is InChI=1S/C24H17NO4S2/c1-28-20-14-16(12-13-19(20)29-23(27)17-8-4-2-5-9-17)15-21-22(26)25(24(30)31-21)18-10-6-3-7-11-18/h2-15H,1H3/b21-15+. The lowest BCUT2D eigenvalue weighted by Crippen LogP contribution is -2.27. The Kier molecular flexibility index (Phi) is 6.16. The minimum atomic E-state index is -0.476. The Hall–Kier alpha value is -3.42. The molecule has 4 rings (SSSR count). The number of anilines is 1. The third-order valence-corrected chi connectivity index (χ3v) is 5.81. The third kappa shape index (κ3) is 4.52. The highest BCUT2D eigenvalue weighted by Gasteiger charge is 2.33. The maximum atomic E-state index is 12.9. The number of amides is 1. The molecule has 0 atom stereocenters. The number of hydrogen-bond donors (Lipinski definition) is 0. The molecular weight excluding hydrogens is 430 g/mol. The number of nitrogens with zero attached hydrogens (tertiary/aromatic N) is 1. The van der Waals surface area contributed by atoms with Crippen LogP contribution in [0, 0.1) is 0 Å². The topological polar surface area (TPSA) is 55.8 Å². The molecule has 1 amide bonds. The Bertz CT molecular complexity index is 1180. The minimum Gasteiger partial charge on any atom is -0.493 e. The third-order valence-electron chi connectivity index (χ3n) is 4.51. The van der Waals surface area contributed by atoms with E-state index in [1.165, 1.54) is 23.8 Å². The van der Waals surface area contributed by atoms with Gasteiger partial charge in [0.2, 0.25) is 0 Å². The van der Waals surface area contributed by atoms with Gasteiger partial charge >= 0.3 is 5.97 Å². The zero-order valence-electron chi connectivity index (χ0n) is 16.5. The smallest absolute Gasteiger partial charge is 0.343 e. The van der Waals surface area contributed by atoms with E-state index in [4.69, 9.17) is 21.7 Å². The molecule has 154 valence electrons. The molecule has 1 aliphatic heterocycles. The van der Waals surface area contributed by atoms with Crippen LogP contribution in [0.25, 0.3) is 6.08 Å². The summed E-state index contributed by atoms with van der Waals surface area (Å²) in [7, 11) is 1.49. The summed E-state index contributed by atoms with van der Waals surface area (Å²) in [5, 5.41) is 0. The van der Waals surface area contributed by atoms with Crippen molar-refractivity contribution in [2.75, 3.05) is 12.0 Å². The van der Waals surface area contributed by atoms with Crippen LogP contribution in [0.15, 0.2) is 83.8 Å². The van der Waals surface area contributed by atoms with E-state index in [1.54, 1.807) is 48.5 Å². The Morgan fingerprint density at radius 3 is 2.32 bits per heavy atom. The van der Waals surface area contributed by atoms with E-state index in [2.05, 4.69) is 0 Å². The summed E-state index contributed by atoms with van der Waals surface area (Å²) in [4.78, 5) is 27.2. The van der Waals surface area contributed by atoms with E-state index in [9.17, 15) is 9.59 Å². The molecule has 5 nitrogen and oxygen atoms in total. The first-order chi connectivity index (χ1) is 15.1. The fourth-order valence-corrected chi connectivity index (χ4v) is 4.31. The molecule has 1 saturated heterocycles. The van der Waals surface area contributed by atoms with Crippen molar-refractivity contribution in [3.8, 4) is 11.5 Å². The number of hydrogen-bond acceptors (Lipinski definition) is 6. The summed E-state index contributed by atoms with van der Waals surface area (Å²) in [6, 6.07) is 23.1. The van der Waals surface area contributed by atoms with Crippen molar-refractivity contribution in [2.45, 2.75) is 0 Å². The van der Waals surface area contributed by atoms with Crippen molar-refractivity contribution in [3.05, 3.63) is 94.9 Å². The zero-order valence-corrected chi connectivity index (χ0v) is 18.1. The van der Waals surface area contributed by atoms with Crippen LogP contribution in [0.1, 0.15) is 15.9 Å². The molecular formula is C24H17NO4S2. The second kappa shape index (κ2) is 9.16. The van der Waals surface area contributed by atoms with Crippen LogP contribution < -0.4 is 14.4 Å². The van der Waals surface area contributed by atoms with Gasteiger partial charge < -0.3 is 9.47 Å². The number of carbonyl (C=O) groups excluding carboxylic acids is 2. The molecule has 0 saturated carbocycles. The molecule has 31 heavy (non-hydrogen) atoms. The van der Waals surface area contributed by atoms with Gasteiger partial charge in [-0.2, -0.15) is 0 Å². The van der Waals surface area contributed by atoms with E-state index >= 15 is 0 Å². The molecule has 0 radical (unpaired) electrons. The van der Waals surface area contributed by atoms with Crippen LogP contribution in [-0.2, 0) is 4.79 Å². The summed E-state index contributed by atoms with van der Waals surface area (Å²) >= 11 is 6.64. The van der Waals surface area contributed by atoms with Gasteiger partial charge in [-0.25, -0.2) is 4.79 Å². The average Bonchev–Trinajstić information content (AvgIpc) is 3.08. The predicted octanol–water partition coefficient (Wildman–Crippen LogP) is 5.32. The molecule has 0 bridgehead atoms. The molecule has 0 aliphatic carbocycles. The van der Waals surface area contributed by atoms with E-state index in [1.807, 2.05) is 36.4 Å². The Morgan fingerprint density at radius 1 is 0.968 bits per heavy atom. The highest BCUT2D eigenvalue weighted by atomic mass is 32.2. The predicted molar refractivity (Wildman–Crippen MR) is 126 cm³/mol. The monoisotopic (exact) mass is 447 g/mol. The summed E-state index contributed by atoms with van der Waals surface area (Å²) in [5.41, 5.74) is 1.90. The van der Waals surface area contributed by atoms with Gasteiger partial charge in [0.25, 0.3) is 5.91 Å². The van der Waals surface area contributed by atoms with Crippen LogP contribution in [0.4, 0.5) is 5.69 Å². The highest BCUT2D eigenvalue weighted by Crippen LogP contribution is 2.37. The molecule has 0 aromatic heterocycles. The quantitative estimate of drug-likeness (QED) is 0.228. The van der Waals surface area contributed by atoms with Gasteiger partial charge in [0.15, 0.2) is 15.8 Å². The number of benzene rings is 3. The maximum Gasteiger partial charge on any atom is 0.343 e. The van der Waals surface area contributed by atoms with Crippen LogP contribution >= 0.6 is 24.0 Å². The van der Waals surface area contributed by atoms with Crippen molar-refractivity contribution in [1.82, 2.24) is 0 Å². The Balaban J connectivity index is 1.57. The van der Waals surface area contributed by atoms with Crippen LogP contribution in [0.2, 0.25) is 0 Å². The lowest BCUT2D eigenvalue weighted by Gasteiger charge is -2.13. The van der Waals surface area contributed by atoms with Gasteiger partial charge in [-0.15, -0.1) is 0 Å². The maximum absolute atomic E-state index is 12.9. The molecule has 7 heteroatoms. The summed E-state index contributed by atoms with van der Waals surface area (Å²) in [6.07, 6.45) is 1.74. The Morgan fingerprint density at radius 2 is 1.65 bits per heavy atom. The SMILES string of the molecule is COc1cc(/C=C2/SC(=S)N(c3ccccc3)C2=O)ccc1OC(=O)c1ccccc1. The number of rotatable bonds is 5. The molecule has 1 heterocycles. The van der Waals surface area contributed by atoms with Crippen LogP contribution in [-0.4, -0.2) is 23.3 Å². The van der Waals surface area contributed by atoms with E-state index in [-0.39, 0.29) is 5.91 Å². The number of carbonyl (C=O) groups is 2.